The number of nitrogens with one attached hydrogen (secondary N) is 1. The van der Waals surface area contributed by atoms with Gasteiger partial charge in [0.1, 0.15) is 5.71 Å². The van der Waals surface area contributed by atoms with Crippen LogP contribution in [0.25, 0.3) is 0 Å². The molecule has 0 aromatic heterocycles. The minimum atomic E-state index is -4.04. The third-order valence-corrected chi connectivity index (χ3v) is 5.51. The van der Waals surface area contributed by atoms with E-state index >= 15 is 0 Å². The first-order valence-electron chi connectivity index (χ1n) is 7.94. The first kappa shape index (κ1) is 19.1. The molecule has 0 aliphatic carbocycles. The van der Waals surface area contributed by atoms with Gasteiger partial charge in [0, 0.05) is 19.9 Å². The molecule has 1 aliphatic rings. The molecule has 0 fully saturated rings. The van der Waals surface area contributed by atoms with Crippen LogP contribution in [0, 0.1) is 6.92 Å². The normalized spacial score (nSPS) is 15.8. The van der Waals surface area contributed by atoms with Gasteiger partial charge in [-0.3, -0.25) is 9.59 Å². The molecule has 0 radical (unpaired) electrons. The first-order chi connectivity index (χ1) is 11.4. The maximum Gasteiger partial charge on any atom is 0.281 e. The summed E-state index contributed by atoms with van der Waals surface area (Å²) in [6, 6.07) is 5.19. The second-order valence-electron chi connectivity index (χ2n) is 7.13. The number of amides is 2. The van der Waals surface area contributed by atoms with E-state index in [2.05, 4.69) is 9.82 Å². The SMILES string of the molecule is Cc1ccc(C(C)(C)C)cc1S(=O)(=O)NC(=O)C1=NN(C)C(=O)CC1. The second-order valence-corrected chi connectivity index (χ2v) is 8.78. The number of hydrazone groups is 1. The molecule has 0 saturated heterocycles. The Morgan fingerprint density at radius 3 is 2.44 bits per heavy atom. The van der Waals surface area contributed by atoms with E-state index in [0.717, 1.165) is 10.6 Å². The van der Waals surface area contributed by atoms with Crippen molar-refractivity contribution < 1.29 is 18.0 Å². The molecule has 1 aliphatic heterocycles. The fourth-order valence-corrected chi connectivity index (χ4v) is 3.67. The molecule has 136 valence electrons. The number of carbonyl (C=O) groups is 2. The van der Waals surface area contributed by atoms with Crippen LogP contribution >= 0.6 is 0 Å². The maximum absolute atomic E-state index is 12.7. The third-order valence-electron chi connectivity index (χ3n) is 4.04. The van der Waals surface area contributed by atoms with Crippen molar-refractivity contribution in [3.05, 3.63) is 29.3 Å². The van der Waals surface area contributed by atoms with Crippen molar-refractivity contribution in [3.8, 4) is 0 Å². The molecule has 2 rings (SSSR count). The lowest BCUT2D eigenvalue weighted by atomic mass is 9.87. The van der Waals surface area contributed by atoms with Crippen molar-refractivity contribution in [2.75, 3.05) is 7.05 Å². The van der Waals surface area contributed by atoms with Crippen molar-refractivity contribution in [2.24, 2.45) is 5.10 Å². The lowest BCUT2D eigenvalue weighted by molar-refractivity contribution is -0.130. The van der Waals surface area contributed by atoms with Gasteiger partial charge in [0.25, 0.3) is 15.9 Å². The number of nitrogens with zero attached hydrogens (tertiary/aromatic N) is 2. The smallest absolute Gasteiger partial charge is 0.273 e. The molecule has 2 amide bonds. The van der Waals surface area contributed by atoms with Crippen molar-refractivity contribution in [1.29, 1.82) is 0 Å². The topological polar surface area (TPSA) is 95.9 Å². The van der Waals surface area contributed by atoms with Crippen LogP contribution in [-0.2, 0) is 25.0 Å². The van der Waals surface area contributed by atoms with Gasteiger partial charge < -0.3 is 0 Å². The quantitative estimate of drug-likeness (QED) is 0.882. The highest BCUT2D eigenvalue weighted by Crippen LogP contribution is 2.26. The predicted molar refractivity (Wildman–Crippen MR) is 94.6 cm³/mol. The zero-order valence-corrected chi connectivity index (χ0v) is 15.9. The largest absolute Gasteiger partial charge is 0.281 e. The molecule has 7 nitrogen and oxygen atoms in total. The third kappa shape index (κ3) is 4.25. The summed E-state index contributed by atoms with van der Waals surface area (Å²) in [6.45, 7) is 7.62. The molecular formula is C17H23N3O4S. The maximum atomic E-state index is 12.7. The van der Waals surface area contributed by atoms with Crippen LogP contribution < -0.4 is 4.72 Å². The summed E-state index contributed by atoms with van der Waals surface area (Å²) in [5.74, 6) is -1.02. The Morgan fingerprint density at radius 2 is 1.88 bits per heavy atom. The average Bonchev–Trinajstić information content (AvgIpc) is 2.48. The lowest BCUT2D eigenvalue weighted by Gasteiger charge is -2.21. The van der Waals surface area contributed by atoms with Crippen LogP contribution in [0.5, 0.6) is 0 Å². The number of aryl methyl sites for hydroxylation is 1. The Hall–Kier alpha value is -2.22. The minimum absolute atomic E-state index is 0.0234. The highest BCUT2D eigenvalue weighted by atomic mass is 32.2. The monoisotopic (exact) mass is 365 g/mol. The number of carbonyl (C=O) groups excluding carboxylic acids is 2. The fourth-order valence-electron chi connectivity index (χ4n) is 2.42. The Kier molecular flexibility index (Phi) is 5.04. The van der Waals surface area contributed by atoms with E-state index in [9.17, 15) is 18.0 Å². The minimum Gasteiger partial charge on any atom is -0.273 e. The van der Waals surface area contributed by atoms with Crippen LogP contribution in [0.15, 0.2) is 28.2 Å². The van der Waals surface area contributed by atoms with Crippen LogP contribution in [0.3, 0.4) is 0 Å². The zero-order valence-electron chi connectivity index (χ0n) is 15.1. The Labute approximate surface area is 148 Å². The van der Waals surface area contributed by atoms with E-state index in [1.54, 1.807) is 19.1 Å². The molecule has 0 saturated carbocycles. The molecule has 8 heteroatoms. The fraction of sp³-hybridized carbons (Fsp3) is 0.471. The van der Waals surface area contributed by atoms with Crippen molar-refractivity contribution in [2.45, 2.75) is 50.8 Å². The van der Waals surface area contributed by atoms with Gasteiger partial charge in [-0.1, -0.05) is 32.9 Å². The molecule has 1 aromatic rings. The van der Waals surface area contributed by atoms with E-state index in [1.165, 1.54) is 7.05 Å². The highest BCUT2D eigenvalue weighted by Gasteiger charge is 2.27. The van der Waals surface area contributed by atoms with Crippen LogP contribution in [0.2, 0.25) is 0 Å². The summed E-state index contributed by atoms with van der Waals surface area (Å²) in [4.78, 5) is 23.8. The van der Waals surface area contributed by atoms with E-state index in [1.807, 2.05) is 26.8 Å². The van der Waals surface area contributed by atoms with Gasteiger partial charge in [0.2, 0.25) is 5.91 Å². The summed E-state index contributed by atoms with van der Waals surface area (Å²) in [5.41, 5.74) is 1.20. The standard InChI is InChI=1S/C17H23N3O4S/c1-11-6-7-12(17(2,3)4)10-14(11)25(23,24)19-16(22)13-8-9-15(21)20(5)18-13/h6-7,10H,8-9H2,1-5H3,(H,19,22). The lowest BCUT2D eigenvalue weighted by Crippen LogP contribution is -2.40. The Balaban J connectivity index is 2.32. The molecule has 1 aromatic carbocycles. The van der Waals surface area contributed by atoms with E-state index in [0.29, 0.717) is 5.56 Å². The van der Waals surface area contributed by atoms with Crippen molar-refractivity contribution in [3.63, 3.8) is 0 Å². The highest BCUT2D eigenvalue weighted by molar-refractivity contribution is 7.90. The number of benzene rings is 1. The van der Waals surface area contributed by atoms with Gasteiger partial charge in [-0.25, -0.2) is 18.1 Å². The van der Waals surface area contributed by atoms with Crippen LogP contribution in [0.4, 0.5) is 0 Å². The number of hydrogen-bond acceptors (Lipinski definition) is 5. The summed E-state index contributed by atoms with van der Waals surface area (Å²) in [5, 5.41) is 4.90. The molecular weight excluding hydrogens is 342 g/mol. The van der Waals surface area contributed by atoms with Crippen molar-refractivity contribution >= 4 is 27.5 Å². The zero-order chi connectivity index (χ0) is 19.0. The average molecular weight is 365 g/mol. The second kappa shape index (κ2) is 6.59. The van der Waals surface area contributed by atoms with E-state index in [-0.39, 0.29) is 34.8 Å². The van der Waals surface area contributed by atoms with Gasteiger partial charge in [-0.15, -0.1) is 0 Å². The molecule has 0 bridgehead atoms. The summed E-state index contributed by atoms with van der Waals surface area (Å²) >= 11 is 0. The Bertz CT molecular complexity index is 851. The van der Waals surface area contributed by atoms with Gasteiger partial charge in [0.15, 0.2) is 0 Å². The summed E-state index contributed by atoms with van der Waals surface area (Å²) in [6.07, 6.45) is 0.243. The summed E-state index contributed by atoms with van der Waals surface area (Å²) < 4.78 is 27.4. The van der Waals surface area contributed by atoms with Gasteiger partial charge in [-0.05, 0) is 29.5 Å². The van der Waals surface area contributed by atoms with Crippen LogP contribution in [-0.4, -0.2) is 38.0 Å². The van der Waals surface area contributed by atoms with E-state index < -0.39 is 15.9 Å². The number of hydrogen-bond donors (Lipinski definition) is 1. The Morgan fingerprint density at radius 1 is 1.24 bits per heavy atom. The van der Waals surface area contributed by atoms with Gasteiger partial charge in [-0.2, -0.15) is 5.10 Å². The molecule has 0 unspecified atom stereocenters. The van der Waals surface area contributed by atoms with E-state index in [4.69, 9.17) is 0 Å². The predicted octanol–water partition coefficient (Wildman–Crippen LogP) is 1.71. The first-order valence-corrected chi connectivity index (χ1v) is 9.42. The molecule has 1 N–H and O–H groups in total. The number of sulfonamides is 1. The molecule has 1 heterocycles. The van der Waals surface area contributed by atoms with Crippen LogP contribution in [0.1, 0.15) is 44.7 Å². The van der Waals surface area contributed by atoms with Crippen molar-refractivity contribution in [1.82, 2.24) is 9.73 Å². The van der Waals surface area contributed by atoms with Gasteiger partial charge in [0.05, 0.1) is 4.90 Å². The number of rotatable bonds is 3. The molecule has 0 spiro atoms. The van der Waals surface area contributed by atoms with Gasteiger partial charge >= 0.3 is 0 Å². The molecule has 25 heavy (non-hydrogen) atoms. The summed E-state index contributed by atoms with van der Waals surface area (Å²) in [7, 11) is -2.61. The molecule has 0 atom stereocenters.